The zero-order chi connectivity index (χ0) is 31.4. The van der Waals surface area contributed by atoms with Crippen molar-refractivity contribution in [2.45, 2.75) is 57.0 Å². The molecule has 3 atom stereocenters. The lowest BCUT2D eigenvalue weighted by Crippen LogP contribution is -2.45. The molecule has 7 rings (SSSR count). The summed E-state index contributed by atoms with van der Waals surface area (Å²) in [5.74, 6) is 0.269. The van der Waals surface area contributed by atoms with Crippen LogP contribution in [0.2, 0.25) is 5.02 Å². The van der Waals surface area contributed by atoms with Crippen molar-refractivity contribution in [3.63, 3.8) is 0 Å². The molecule has 4 aromatic rings. The van der Waals surface area contributed by atoms with Gasteiger partial charge in [-0.05, 0) is 68.1 Å². The van der Waals surface area contributed by atoms with Crippen LogP contribution in [0.3, 0.4) is 0 Å². The highest BCUT2D eigenvalue weighted by atomic mass is 35.5. The molecular weight excluding hydrogens is 594 g/mol. The van der Waals surface area contributed by atoms with Crippen LogP contribution in [0.4, 0.5) is 28.8 Å². The number of nitrogens with zero attached hydrogens (tertiary/aromatic N) is 6. The predicted octanol–water partition coefficient (Wildman–Crippen LogP) is 4.27. The first kappa shape index (κ1) is 29.0. The van der Waals surface area contributed by atoms with Gasteiger partial charge in [0, 0.05) is 61.6 Å². The average molecular weight is 628 g/mol. The number of hydrogen-bond acceptors (Lipinski definition) is 9. The van der Waals surface area contributed by atoms with Gasteiger partial charge in [0.15, 0.2) is 5.82 Å². The Morgan fingerprint density at radius 2 is 1.87 bits per heavy atom. The monoisotopic (exact) mass is 627 g/mol. The van der Waals surface area contributed by atoms with Gasteiger partial charge in [0.2, 0.25) is 23.7 Å². The van der Waals surface area contributed by atoms with E-state index in [0.29, 0.717) is 41.7 Å². The fourth-order valence-corrected chi connectivity index (χ4v) is 6.83. The number of halogens is 1. The van der Waals surface area contributed by atoms with Crippen LogP contribution in [0, 0.1) is 0 Å². The summed E-state index contributed by atoms with van der Waals surface area (Å²) >= 11 is 6.49. The molecule has 232 valence electrons. The summed E-state index contributed by atoms with van der Waals surface area (Å²) in [7, 11) is 3.66. The summed E-state index contributed by atoms with van der Waals surface area (Å²) in [6.45, 7) is 2.93. The van der Waals surface area contributed by atoms with Gasteiger partial charge >= 0.3 is 0 Å². The summed E-state index contributed by atoms with van der Waals surface area (Å²) in [6, 6.07) is 12.3. The first-order chi connectivity index (χ1) is 21.6. The zero-order valence-electron chi connectivity index (χ0n) is 25.3. The minimum absolute atomic E-state index is 0.0767. The van der Waals surface area contributed by atoms with Crippen molar-refractivity contribution in [2.75, 3.05) is 34.0 Å². The summed E-state index contributed by atoms with van der Waals surface area (Å²) in [4.78, 5) is 49.4. The third-order valence-electron chi connectivity index (χ3n) is 9.10. The van der Waals surface area contributed by atoms with Gasteiger partial charge in [0.05, 0.1) is 29.7 Å². The van der Waals surface area contributed by atoms with Crippen LogP contribution < -0.4 is 25.8 Å². The molecule has 0 bridgehead atoms. The Labute approximate surface area is 265 Å². The van der Waals surface area contributed by atoms with Gasteiger partial charge in [-0.1, -0.05) is 11.6 Å². The normalized spacial score (nSPS) is 21.7. The number of fused-ring (bicyclic) bond motifs is 2. The second-order valence-electron chi connectivity index (χ2n) is 12.1. The number of benzene rings is 2. The number of hydrogen-bond donors (Lipinski definition) is 3. The first-order valence-corrected chi connectivity index (χ1v) is 15.5. The molecule has 2 aromatic carbocycles. The largest absolute Gasteiger partial charge is 0.382 e. The van der Waals surface area contributed by atoms with Crippen molar-refractivity contribution in [2.24, 2.45) is 7.05 Å². The minimum Gasteiger partial charge on any atom is -0.382 e. The van der Waals surface area contributed by atoms with Gasteiger partial charge < -0.3 is 20.4 Å². The maximum atomic E-state index is 12.5. The molecule has 45 heavy (non-hydrogen) atoms. The molecule has 0 spiro atoms. The van der Waals surface area contributed by atoms with Crippen LogP contribution in [-0.4, -0.2) is 63.1 Å². The van der Waals surface area contributed by atoms with Crippen LogP contribution in [-0.2, 0) is 27.9 Å². The van der Waals surface area contributed by atoms with E-state index in [9.17, 15) is 14.4 Å². The van der Waals surface area contributed by atoms with E-state index in [-0.39, 0.29) is 29.8 Å². The molecule has 5 heterocycles. The second-order valence-corrected chi connectivity index (χ2v) is 12.5. The van der Waals surface area contributed by atoms with E-state index in [0.717, 1.165) is 52.9 Å². The first-order valence-electron chi connectivity index (χ1n) is 15.2. The third kappa shape index (κ3) is 5.43. The number of aryl methyl sites for hydroxylation is 1. The van der Waals surface area contributed by atoms with Crippen molar-refractivity contribution in [1.29, 1.82) is 0 Å². The Balaban J connectivity index is 1.02. The van der Waals surface area contributed by atoms with E-state index in [4.69, 9.17) is 16.6 Å². The third-order valence-corrected chi connectivity index (χ3v) is 9.38. The van der Waals surface area contributed by atoms with E-state index in [1.54, 1.807) is 22.8 Å². The maximum absolute atomic E-state index is 12.5. The van der Waals surface area contributed by atoms with Crippen molar-refractivity contribution in [1.82, 2.24) is 25.1 Å². The standard InChI is InChI=1S/C32H34ClN9O3/c1-17-12-21(35-20-4-6-22-26(15-20)41(3)39-29(22)23-7-9-27(43)37-31(23)45)10-11-42(17)32-34-16-24(33)30(38-32)36-19-5-8-25-18(13-19)14-28(44)40(25)2/h4-6,8,13,15-17,21,23,35H,7,9-12,14H2,1-3H3,(H,34,36,38)(H,37,43,45)/t17-,21+,23+/m0/s1. The summed E-state index contributed by atoms with van der Waals surface area (Å²) in [5.41, 5.74) is 5.33. The lowest BCUT2D eigenvalue weighted by molar-refractivity contribution is -0.134. The minimum atomic E-state index is -0.428. The van der Waals surface area contributed by atoms with Crippen molar-refractivity contribution >= 4 is 69.1 Å². The quantitative estimate of drug-likeness (QED) is 0.268. The number of imide groups is 1. The Morgan fingerprint density at radius 3 is 2.67 bits per heavy atom. The van der Waals surface area contributed by atoms with Crippen molar-refractivity contribution < 1.29 is 14.4 Å². The lowest BCUT2D eigenvalue weighted by Gasteiger charge is -2.38. The molecule has 13 heteroatoms. The molecule has 0 unspecified atom stereocenters. The highest BCUT2D eigenvalue weighted by Crippen LogP contribution is 2.34. The molecule has 0 aliphatic carbocycles. The van der Waals surface area contributed by atoms with Crippen molar-refractivity contribution in [3.8, 4) is 0 Å². The number of carbonyl (C=O) groups excluding carboxylic acids is 3. The molecule has 0 radical (unpaired) electrons. The predicted molar refractivity (Wildman–Crippen MR) is 173 cm³/mol. The molecule has 3 N–H and O–H groups in total. The SMILES string of the molecule is C[C@H]1C[C@H](Nc2ccc3c([C@H]4CCC(=O)NC4=O)nn(C)c3c2)CCN1c1ncc(Cl)c(Nc2ccc3c(c2)CC(=O)N3C)n1. The highest BCUT2D eigenvalue weighted by Gasteiger charge is 2.32. The van der Waals surface area contributed by atoms with E-state index in [1.165, 1.54) is 0 Å². The number of carbonyl (C=O) groups is 3. The van der Waals surface area contributed by atoms with Gasteiger partial charge in [-0.15, -0.1) is 0 Å². The second kappa shape index (κ2) is 11.3. The van der Waals surface area contributed by atoms with E-state index in [1.807, 2.05) is 37.4 Å². The van der Waals surface area contributed by atoms with Crippen LogP contribution in [0.25, 0.3) is 10.9 Å². The fraction of sp³-hybridized carbons (Fsp3) is 0.375. The molecule has 2 aromatic heterocycles. The van der Waals surface area contributed by atoms with Gasteiger partial charge in [0.1, 0.15) is 5.02 Å². The van der Waals surface area contributed by atoms with Crippen molar-refractivity contribution in [3.05, 3.63) is 58.9 Å². The van der Waals surface area contributed by atoms with Crippen LogP contribution in [0.15, 0.2) is 42.6 Å². The number of anilines is 5. The Morgan fingerprint density at radius 1 is 1.04 bits per heavy atom. The number of aromatic nitrogens is 4. The molecule has 2 saturated heterocycles. The summed E-state index contributed by atoms with van der Waals surface area (Å²) in [6.07, 6.45) is 4.56. The zero-order valence-corrected chi connectivity index (χ0v) is 26.1. The highest BCUT2D eigenvalue weighted by molar-refractivity contribution is 6.33. The Bertz CT molecular complexity index is 1860. The van der Waals surface area contributed by atoms with Gasteiger partial charge in [0.25, 0.3) is 0 Å². The number of rotatable bonds is 6. The average Bonchev–Trinajstić information content (AvgIpc) is 3.48. The topological polar surface area (TPSA) is 137 Å². The van der Waals surface area contributed by atoms with Crippen LogP contribution in [0.1, 0.15) is 49.8 Å². The van der Waals surface area contributed by atoms with Gasteiger partial charge in [-0.3, -0.25) is 24.4 Å². The number of likely N-dealkylation sites (N-methyl/N-ethyl adjacent to an activating group) is 1. The van der Waals surface area contributed by atoms with Crippen LogP contribution >= 0.6 is 11.6 Å². The van der Waals surface area contributed by atoms with Gasteiger partial charge in [-0.25, -0.2) is 4.98 Å². The lowest BCUT2D eigenvalue weighted by atomic mass is 9.92. The molecule has 3 aliphatic rings. The Hall–Kier alpha value is -4.71. The molecule has 3 aliphatic heterocycles. The molecule has 0 saturated carbocycles. The van der Waals surface area contributed by atoms with Crippen LogP contribution in [0.5, 0.6) is 0 Å². The van der Waals surface area contributed by atoms with Gasteiger partial charge in [-0.2, -0.15) is 10.1 Å². The van der Waals surface area contributed by atoms with E-state index >= 15 is 0 Å². The Kier molecular flexibility index (Phi) is 7.31. The fourth-order valence-electron chi connectivity index (χ4n) is 6.69. The molecule has 12 nitrogen and oxygen atoms in total. The van der Waals surface area contributed by atoms with E-state index < -0.39 is 5.92 Å². The number of nitrogens with one attached hydrogen (secondary N) is 3. The molecule has 2 fully saturated rings. The summed E-state index contributed by atoms with van der Waals surface area (Å²) < 4.78 is 1.80. The number of amides is 3. The molecular formula is C32H34ClN9O3. The van der Waals surface area contributed by atoms with E-state index in [2.05, 4.69) is 43.9 Å². The molecule has 3 amide bonds. The smallest absolute Gasteiger partial charge is 0.235 e. The maximum Gasteiger partial charge on any atom is 0.235 e. The summed E-state index contributed by atoms with van der Waals surface area (Å²) in [5, 5.41) is 15.5. The number of piperidine rings is 2.